The molecule has 4 nitrogen and oxygen atoms in total. The number of anilines is 1. The van der Waals surface area contributed by atoms with Crippen LogP contribution in [0.25, 0.3) is 6.08 Å². The van der Waals surface area contributed by atoms with Crippen molar-refractivity contribution in [1.29, 1.82) is 5.26 Å². The predicted molar refractivity (Wildman–Crippen MR) is 87.6 cm³/mol. The van der Waals surface area contributed by atoms with Crippen molar-refractivity contribution in [3.8, 4) is 6.07 Å². The molecular weight excluding hydrogens is 294 g/mol. The van der Waals surface area contributed by atoms with Gasteiger partial charge in [0.05, 0.1) is 22.8 Å². The number of aromatic nitrogens is 1. The molecular formula is C17H15N3OS. The van der Waals surface area contributed by atoms with Crippen LogP contribution in [0.1, 0.15) is 29.7 Å². The Bertz CT molecular complexity index is 755. The maximum Gasteiger partial charge on any atom is 0.251 e. The van der Waals surface area contributed by atoms with Gasteiger partial charge in [-0.3, -0.25) is 4.79 Å². The normalized spacial score (nSPS) is 14.0. The molecule has 0 aliphatic heterocycles. The minimum atomic E-state index is -0.0386. The number of benzene rings is 1. The van der Waals surface area contributed by atoms with Crippen molar-refractivity contribution in [2.75, 3.05) is 4.90 Å². The number of thiazole rings is 1. The molecule has 0 unspecified atom stereocenters. The lowest BCUT2D eigenvalue weighted by Gasteiger charge is -2.23. The number of nitrogens with zero attached hydrogens (tertiary/aromatic N) is 3. The molecule has 0 spiro atoms. The van der Waals surface area contributed by atoms with Gasteiger partial charge in [0.1, 0.15) is 0 Å². The fraction of sp³-hybridized carbons (Fsp3) is 0.235. The zero-order valence-electron chi connectivity index (χ0n) is 12.2. The molecule has 0 N–H and O–H groups in total. The van der Waals surface area contributed by atoms with Crippen LogP contribution in [-0.4, -0.2) is 16.9 Å². The first-order valence-electron chi connectivity index (χ1n) is 7.09. The summed E-state index contributed by atoms with van der Waals surface area (Å²) >= 11 is 1.50. The van der Waals surface area contributed by atoms with E-state index in [1.807, 2.05) is 29.3 Å². The average molecular weight is 309 g/mol. The SMILES string of the molecule is Cc1cc(C#N)ccc1N(C(=O)C=Cc1cscn1)C1CC1. The quantitative estimate of drug-likeness (QED) is 0.812. The van der Waals surface area contributed by atoms with E-state index in [0.29, 0.717) is 5.56 Å². The molecule has 0 saturated heterocycles. The van der Waals surface area contributed by atoms with Crippen LogP contribution in [0.15, 0.2) is 35.2 Å². The van der Waals surface area contributed by atoms with E-state index in [-0.39, 0.29) is 11.9 Å². The van der Waals surface area contributed by atoms with Crippen LogP contribution >= 0.6 is 11.3 Å². The second-order valence-electron chi connectivity index (χ2n) is 5.30. The lowest BCUT2D eigenvalue weighted by molar-refractivity contribution is -0.114. The molecule has 5 heteroatoms. The highest BCUT2D eigenvalue weighted by atomic mass is 32.1. The van der Waals surface area contributed by atoms with Gasteiger partial charge in [-0.1, -0.05) is 0 Å². The van der Waals surface area contributed by atoms with Crippen LogP contribution in [0, 0.1) is 18.3 Å². The van der Waals surface area contributed by atoms with E-state index in [0.717, 1.165) is 29.8 Å². The fourth-order valence-corrected chi connectivity index (χ4v) is 2.89. The molecule has 1 aliphatic rings. The molecule has 0 bridgehead atoms. The highest BCUT2D eigenvalue weighted by Crippen LogP contribution is 2.34. The molecule has 2 aromatic rings. The molecule has 3 rings (SSSR count). The summed E-state index contributed by atoms with van der Waals surface area (Å²) in [6.07, 6.45) is 5.36. The van der Waals surface area contributed by atoms with E-state index < -0.39 is 0 Å². The number of amides is 1. The third kappa shape index (κ3) is 3.07. The summed E-state index contributed by atoms with van der Waals surface area (Å²) in [5.74, 6) is -0.0386. The van der Waals surface area contributed by atoms with Gasteiger partial charge in [0.2, 0.25) is 0 Å². The first-order valence-corrected chi connectivity index (χ1v) is 8.03. The number of aryl methyl sites for hydroxylation is 1. The summed E-state index contributed by atoms with van der Waals surface area (Å²) in [6, 6.07) is 7.83. The van der Waals surface area contributed by atoms with Crippen molar-refractivity contribution in [3.05, 3.63) is 52.0 Å². The molecule has 0 radical (unpaired) electrons. The zero-order valence-corrected chi connectivity index (χ0v) is 13.0. The minimum Gasteiger partial charge on any atom is -0.306 e. The number of hydrogen-bond donors (Lipinski definition) is 0. The molecule has 1 saturated carbocycles. The van der Waals surface area contributed by atoms with E-state index in [9.17, 15) is 4.79 Å². The highest BCUT2D eigenvalue weighted by molar-refractivity contribution is 7.07. The Morgan fingerprint density at radius 2 is 2.32 bits per heavy atom. The standard InChI is InChI=1S/C17H15N3OS/c1-12-8-13(9-18)2-6-16(12)20(15-4-5-15)17(21)7-3-14-10-22-11-19-14/h2-3,6-8,10-11,15H,4-5H2,1H3. The van der Waals surface area contributed by atoms with Crippen LogP contribution in [-0.2, 0) is 4.79 Å². The van der Waals surface area contributed by atoms with Crippen LogP contribution in [0.5, 0.6) is 0 Å². The van der Waals surface area contributed by atoms with Gasteiger partial charge < -0.3 is 4.90 Å². The number of rotatable bonds is 4. The van der Waals surface area contributed by atoms with Gasteiger partial charge in [0.15, 0.2) is 0 Å². The summed E-state index contributed by atoms with van der Waals surface area (Å²) in [5.41, 5.74) is 4.98. The van der Waals surface area contributed by atoms with E-state index in [2.05, 4.69) is 11.1 Å². The number of hydrogen-bond acceptors (Lipinski definition) is 4. The Kier molecular flexibility index (Phi) is 4.03. The van der Waals surface area contributed by atoms with Crippen molar-refractivity contribution in [2.24, 2.45) is 0 Å². The van der Waals surface area contributed by atoms with E-state index in [1.165, 1.54) is 11.3 Å². The summed E-state index contributed by atoms with van der Waals surface area (Å²) in [4.78, 5) is 18.6. The van der Waals surface area contributed by atoms with Gasteiger partial charge in [0.25, 0.3) is 5.91 Å². The first kappa shape index (κ1) is 14.5. The van der Waals surface area contributed by atoms with Crippen molar-refractivity contribution in [2.45, 2.75) is 25.8 Å². The number of carbonyl (C=O) groups excluding carboxylic acids is 1. The molecule has 22 heavy (non-hydrogen) atoms. The maximum atomic E-state index is 12.6. The second kappa shape index (κ2) is 6.12. The van der Waals surface area contributed by atoms with Gasteiger partial charge >= 0.3 is 0 Å². The summed E-state index contributed by atoms with van der Waals surface area (Å²) < 4.78 is 0. The third-order valence-electron chi connectivity index (χ3n) is 3.58. The van der Waals surface area contributed by atoms with E-state index in [1.54, 1.807) is 23.7 Å². The highest BCUT2D eigenvalue weighted by Gasteiger charge is 2.33. The van der Waals surface area contributed by atoms with Gasteiger partial charge in [-0.25, -0.2) is 4.98 Å². The lowest BCUT2D eigenvalue weighted by atomic mass is 10.1. The minimum absolute atomic E-state index is 0.0386. The first-order chi connectivity index (χ1) is 10.7. The smallest absolute Gasteiger partial charge is 0.251 e. The van der Waals surface area contributed by atoms with E-state index >= 15 is 0 Å². The fourth-order valence-electron chi connectivity index (χ4n) is 2.36. The van der Waals surface area contributed by atoms with Crippen molar-refractivity contribution in [1.82, 2.24) is 4.98 Å². The monoisotopic (exact) mass is 309 g/mol. The molecule has 1 amide bonds. The Morgan fingerprint density at radius 1 is 1.50 bits per heavy atom. The van der Waals surface area contributed by atoms with Crippen LogP contribution in [0.3, 0.4) is 0 Å². The summed E-state index contributed by atoms with van der Waals surface area (Å²) in [5, 5.41) is 10.9. The Labute approximate surface area is 133 Å². The molecule has 0 atom stereocenters. The lowest BCUT2D eigenvalue weighted by Crippen LogP contribution is -2.32. The molecule has 1 aromatic carbocycles. The van der Waals surface area contributed by atoms with E-state index in [4.69, 9.17) is 5.26 Å². The Hall–Kier alpha value is -2.45. The maximum absolute atomic E-state index is 12.6. The topological polar surface area (TPSA) is 57.0 Å². The van der Waals surface area contributed by atoms with Crippen LogP contribution < -0.4 is 4.90 Å². The van der Waals surface area contributed by atoms with Gasteiger partial charge in [0, 0.05) is 23.2 Å². The largest absolute Gasteiger partial charge is 0.306 e. The molecule has 110 valence electrons. The summed E-state index contributed by atoms with van der Waals surface area (Å²) in [7, 11) is 0. The average Bonchev–Trinajstić information content (AvgIpc) is 3.21. The zero-order chi connectivity index (χ0) is 15.5. The Morgan fingerprint density at radius 3 is 2.91 bits per heavy atom. The van der Waals surface area contributed by atoms with Crippen molar-refractivity contribution in [3.63, 3.8) is 0 Å². The van der Waals surface area contributed by atoms with Crippen LogP contribution in [0.2, 0.25) is 0 Å². The molecule has 1 aliphatic carbocycles. The number of carbonyl (C=O) groups is 1. The predicted octanol–water partition coefficient (Wildman–Crippen LogP) is 3.53. The van der Waals surface area contributed by atoms with Crippen molar-refractivity contribution < 1.29 is 4.79 Å². The van der Waals surface area contributed by atoms with Gasteiger partial charge in [-0.2, -0.15) is 5.26 Å². The number of nitriles is 1. The third-order valence-corrected chi connectivity index (χ3v) is 4.19. The Balaban J connectivity index is 1.87. The van der Waals surface area contributed by atoms with Crippen molar-refractivity contribution >= 4 is 29.0 Å². The van der Waals surface area contributed by atoms with Gasteiger partial charge in [-0.15, -0.1) is 11.3 Å². The van der Waals surface area contributed by atoms with Crippen LogP contribution in [0.4, 0.5) is 5.69 Å². The summed E-state index contributed by atoms with van der Waals surface area (Å²) in [6.45, 7) is 1.93. The second-order valence-corrected chi connectivity index (χ2v) is 6.02. The van der Waals surface area contributed by atoms with Gasteiger partial charge in [-0.05, 0) is 49.6 Å². The molecule has 1 fully saturated rings. The molecule has 1 heterocycles. The molecule has 1 aromatic heterocycles.